The second-order valence-corrected chi connectivity index (χ2v) is 7.87. The van der Waals surface area contributed by atoms with E-state index < -0.39 is 0 Å². The summed E-state index contributed by atoms with van der Waals surface area (Å²) in [6.45, 7) is 7.54. The molecule has 0 spiro atoms. The Labute approximate surface area is 150 Å². The van der Waals surface area contributed by atoms with Gasteiger partial charge in [-0.1, -0.05) is 31.2 Å². The van der Waals surface area contributed by atoms with Gasteiger partial charge in [-0.25, -0.2) is 0 Å². The number of hydrogen-bond donors (Lipinski definition) is 2. The normalized spacial score (nSPS) is 21.7. The topological polar surface area (TPSA) is 61.4 Å². The number of fused-ring (bicyclic) bond motifs is 1. The predicted octanol–water partition coefficient (Wildman–Crippen LogP) is 1.65. The van der Waals surface area contributed by atoms with Crippen LogP contribution in [0, 0.1) is 0 Å². The third-order valence-electron chi connectivity index (χ3n) is 5.61. The predicted molar refractivity (Wildman–Crippen MR) is 98.3 cm³/mol. The van der Waals surface area contributed by atoms with Gasteiger partial charge >= 0.3 is 0 Å². The molecule has 0 radical (unpaired) electrons. The van der Waals surface area contributed by atoms with Crippen LogP contribution in [0.2, 0.25) is 0 Å². The van der Waals surface area contributed by atoms with E-state index in [0.717, 1.165) is 25.8 Å². The number of rotatable bonds is 5. The maximum absolute atomic E-state index is 12.5. The van der Waals surface area contributed by atoms with Crippen molar-refractivity contribution in [1.82, 2.24) is 15.5 Å². The highest BCUT2D eigenvalue weighted by molar-refractivity contribution is 5.89. The first-order valence-electron chi connectivity index (χ1n) is 9.31. The SMILES string of the molecule is CCC(C)(C)NC(=O)C[C@H]1C(=O)NCCN1C1Cc2ccccc2C1. The van der Waals surface area contributed by atoms with Crippen molar-refractivity contribution < 1.29 is 9.59 Å². The van der Waals surface area contributed by atoms with E-state index in [1.54, 1.807) is 0 Å². The highest BCUT2D eigenvalue weighted by Crippen LogP contribution is 2.28. The third kappa shape index (κ3) is 4.03. The van der Waals surface area contributed by atoms with Gasteiger partial charge in [-0.05, 0) is 44.2 Å². The van der Waals surface area contributed by atoms with Crippen LogP contribution in [0.1, 0.15) is 44.7 Å². The Morgan fingerprint density at radius 2 is 1.92 bits per heavy atom. The summed E-state index contributed by atoms with van der Waals surface area (Å²) in [7, 11) is 0. The van der Waals surface area contributed by atoms with Crippen molar-refractivity contribution >= 4 is 11.8 Å². The number of benzene rings is 1. The van der Waals surface area contributed by atoms with Crippen LogP contribution >= 0.6 is 0 Å². The summed E-state index contributed by atoms with van der Waals surface area (Å²) in [6, 6.07) is 8.42. The molecule has 3 rings (SSSR count). The summed E-state index contributed by atoms with van der Waals surface area (Å²) in [5.41, 5.74) is 2.50. The zero-order chi connectivity index (χ0) is 18.0. The quantitative estimate of drug-likeness (QED) is 0.855. The highest BCUT2D eigenvalue weighted by atomic mass is 16.2. The summed E-state index contributed by atoms with van der Waals surface area (Å²) in [5, 5.41) is 5.98. The fraction of sp³-hybridized carbons (Fsp3) is 0.600. The van der Waals surface area contributed by atoms with Crippen molar-refractivity contribution in [2.24, 2.45) is 0 Å². The average Bonchev–Trinajstić information content (AvgIpc) is 3.00. The minimum absolute atomic E-state index is 0.0216. The molecule has 1 fully saturated rings. The Bertz CT molecular complexity index is 631. The van der Waals surface area contributed by atoms with Crippen LogP contribution in [-0.2, 0) is 22.4 Å². The first-order valence-corrected chi connectivity index (χ1v) is 9.31. The molecular weight excluding hydrogens is 314 g/mol. The summed E-state index contributed by atoms with van der Waals surface area (Å²) in [6.07, 6.45) is 3.00. The largest absolute Gasteiger partial charge is 0.353 e. The summed E-state index contributed by atoms with van der Waals surface area (Å²) in [4.78, 5) is 27.2. The molecule has 5 nitrogen and oxygen atoms in total. The number of hydrogen-bond acceptors (Lipinski definition) is 3. The van der Waals surface area contributed by atoms with E-state index in [1.807, 2.05) is 13.8 Å². The van der Waals surface area contributed by atoms with Gasteiger partial charge in [0, 0.05) is 24.7 Å². The van der Waals surface area contributed by atoms with Crippen molar-refractivity contribution in [3.8, 4) is 0 Å². The smallest absolute Gasteiger partial charge is 0.237 e. The molecule has 0 bridgehead atoms. The minimum atomic E-state index is -0.374. The van der Waals surface area contributed by atoms with Gasteiger partial charge in [-0.3, -0.25) is 14.5 Å². The Balaban J connectivity index is 1.70. The maximum Gasteiger partial charge on any atom is 0.237 e. The third-order valence-corrected chi connectivity index (χ3v) is 5.61. The van der Waals surface area contributed by atoms with Gasteiger partial charge in [0.2, 0.25) is 11.8 Å². The zero-order valence-corrected chi connectivity index (χ0v) is 15.5. The maximum atomic E-state index is 12.5. The second-order valence-electron chi connectivity index (χ2n) is 7.87. The molecule has 1 aliphatic heterocycles. The van der Waals surface area contributed by atoms with Crippen molar-refractivity contribution in [3.63, 3.8) is 0 Å². The molecule has 0 unspecified atom stereocenters. The Hall–Kier alpha value is -1.88. The van der Waals surface area contributed by atoms with Gasteiger partial charge < -0.3 is 10.6 Å². The van der Waals surface area contributed by atoms with Gasteiger partial charge in [-0.15, -0.1) is 0 Å². The molecule has 5 heteroatoms. The number of carbonyl (C=O) groups excluding carboxylic acids is 2. The van der Waals surface area contributed by atoms with Crippen molar-refractivity contribution in [2.75, 3.05) is 13.1 Å². The second kappa shape index (κ2) is 7.16. The van der Waals surface area contributed by atoms with E-state index in [0.29, 0.717) is 12.6 Å². The van der Waals surface area contributed by atoms with Crippen LogP contribution in [0.4, 0.5) is 0 Å². The molecule has 136 valence electrons. The van der Waals surface area contributed by atoms with E-state index in [9.17, 15) is 9.59 Å². The average molecular weight is 343 g/mol. The Morgan fingerprint density at radius 1 is 1.28 bits per heavy atom. The van der Waals surface area contributed by atoms with Gasteiger partial charge in [-0.2, -0.15) is 0 Å². The molecule has 1 saturated heterocycles. The van der Waals surface area contributed by atoms with Gasteiger partial charge in [0.1, 0.15) is 0 Å². The van der Waals surface area contributed by atoms with Crippen molar-refractivity contribution in [3.05, 3.63) is 35.4 Å². The van der Waals surface area contributed by atoms with Crippen molar-refractivity contribution in [1.29, 1.82) is 0 Å². The lowest BCUT2D eigenvalue weighted by Gasteiger charge is -2.39. The highest BCUT2D eigenvalue weighted by Gasteiger charge is 2.38. The fourth-order valence-corrected chi connectivity index (χ4v) is 3.84. The number of nitrogens with zero attached hydrogens (tertiary/aromatic N) is 1. The zero-order valence-electron chi connectivity index (χ0n) is 15.5. The lowest BCUT2D eigenvalue weighted by atomic mass is 9.99. The molecule has 1 heterocycles. The molecule has 2 amide bonds. The van der Waals surface area contributed by atoms with Gasteiger partial charge in [0.15, 0.2) is 0 Å². The molecule has 25 heavy (non-hydrogen) atoms. The Morgan fingerprint density at radius 3 is 2.52 bits per heavy atom. The molecule has 1 aromatic carbocycles. The number of nitrogens with one attached hydrogen (secondary N) is 2. The van der Waals surface area contributed by atoms with Crippen LogP contribution in [0.15, 0.2) is 24.3 Å². The summed E-state index contributed by atoms with van der Waals surface area (Å²) in [5.74, 6) is -0.0685. The van der Waals surface area contributed by atoms with E-state index >= 15 is 0 Å². The molecule has 0 saturated carbocycles. The van der Waals surface area contributed by atoms with Crippen LogP contribution < -0.4 is 10.6 Å². The van der Waals surface area contributed by atoms with Crippen LogP contribution in [-0.4, -0.2) is 47.4 Å². The molecule has 2 N–H and O–H groups in total. The van der Waals surface area contributed by atoms with Gasteiger partial charge in [0.25, 0.3) is 0 Å². The van der Waals surface area contributed by atoms with E-state index in [4.69, 9.17) is 0 Å². The molecule has 1 aliphatic carbocycles. The summed E-state index contributed by atoms with van der Waals surface area (Å²) < 4.78 is 0. The molecular formula is C20H29N3O2. The lowest BCUT2D eigenvalue weighted by molar-refractivity contribution is -0.135. The lowest BCUT2D eigenvalue weighted by Crippen LogP contribution is -2.60. The number of carbonyl (C=O) groups is 2. The first-order chi connectivity index (χ1) is 11.9. The summed E-state index contributed by atoms with van der Waals surface area (Å²) >= 11 is 0. The van der Waals surface area contributed by atoms with Crippen LogP contribution in [0.5, 0.6) is 0 Å². The Kier molecular flexibility index (Phi) is 5.13. The first kappa shape index (κ1) is 17.9. The molecule has 1 aromatic rings. The molecule has 2 aliphatic rings. The van der Waals surface area contributed by atoms with Crippen molar-refractivity contribution in [2.45, 2.75) is 64.1 Å². The number of piperazine rings is 1. The van der Waals surface area contributed by atoms with E-state index in [1.165, 1.54) is 11.1 Å². The monoisotopic (exact) mass is 343 g/mol. The molecule has 1 atom stereocenters. The van der Waals surface area contributed by atoms with E-state index in [2.05, 4.69) is 46.7 Å². The standard InChI is InChI=1S/C20H29N3O2/c1-4-20(2,3)22-18(24)13-17-19(25)21-9-10-23(17)16-11-14-7-5-6-8-15(14)12-16/h5-8,16-17H,4,9-13H2,1-3H3,(H,21,25)(H,22,24)/t17-/m0/s1. The van der Waals surface area contributed by atoms with Crippen LogP contribution in [0.3, 0.4) is 0 Å². The van der Waals surface area contributed by atoms with Gasteiger partial charge in [0.05, 0.1) is 12.5 Å². The van der Waals surface area contributed by atoms with Crippen LogP contribution in [0.25, 0.3) is 0 Å². The molecule has 0 aromatic heterocycles. The van der Waals surface area contributed by atoms with E-state index in [-0.39, 0.29) is 29.8 Å². The minimum Gasteiger partial charge on any atom is -0.353 e. The fourth-order valence-electron chi connectivity index (χ4n) is 3.84. The number of amides is 2.